The standard InChI is InChI=1S/C20H25N3O4/c1-5-18(24)22(4)14-8-6-13(7-9-14)19(25)23-15-10-11-27-17(15)12-16(23)20(26)21(2)3/h5-9,15-17H,1,10-12H2,2-4H3/t15-,16-,17-/m0/s1. The number of fused-ring (bicyclic) bond motifs is 1. The quantitative estimate of drug-likeness (QED) is 0.748. The zero-order valence-electron chi connectivity index (χ0n) is 15.9. The number of benzene rings is 1. The number of hydrogen-bond donors (Lipinski definition) is 0. The molecule has 0 unspecified atom stereocenters. The monoisotopic (exact) mass is 371 g/mol. The van der Waals surface area contributed by atoms with Crippen LogP contribution in [0.4, 0.5) is 5.69 Å². The number of anilines is 1. The summed E-state index contributed by atoms with van der Waals surface area (Å²) in [5.74, 6) is -0.497. The molecule has 0 saturated carbocycles. The molecule has 7 heteroatoms. The normalized spacial score (nSPS) is 23.7. The highest BCUT2D eigenvalue weighted by atomic mass is 16.5. The third-order valence-corrected chi connectivity index (χ3v) is 5.29. The predicted octanol–water partition coefficient (Wildman–Crippen LogP) is 1.30. The molecule has 3 atom stereocenters. The predicted molar refractivity (Wildman–Crippen MR) is 101 cm³/mol. The summed E-state index contributed by atoms with van der Waals surface area (Å²) in [7, 11) is 5.04. The molecule has 2 heterocycles. The van der Waals surface area contributed by atoms with E-state index in [4.69, 9.17) is 4.74 Å². The van der Waals surface area contributed by atoms with Crippen molar-refractivity contribution in [3.63, 3.8) is 0 Å². The maximum Gasteiger partial charge on any atom is 0.254 e. The van der Waals surface area contributed by atoms with Gasteiger partial charge in [-0.3, -0.25) is 14.4 Å². The van der Waals surface area contributed by atoms with E-state index in [0.29, 0.717) is 24.3 Å². The number of rotatable bonds is 4. The molecule has 2 fully saturated rings. The van der Waals surface area contributed by atoms with Gasteiger partial charge >= 0.3 is 0 Å². The maximum atomic E-state index is 13.2. The van der Waals surface area contributed by atoms with Crippen LogP contribution in [0.5, 0.6) is 0 Å². The average molecular weight is 371 g/mol. The molecule has 27 heavy (non-hydrogen) atoms. The van der Waals surface area contributed by atoms with Crippen molar-refractivity contribution < 1.29 is 19.1 Å². The maximum absolute atomic E-state index is 13.2. The number of ether oxygens (including phenoxy) is 1. The molecule has 0 bridgehead atoms. The molecule has 2 aliphatic rings. The van der Waals surface area contributed by atoms with Gasteiger partial charge in [-0.25, -0.2) is 0 Å². The van der Waals surface area contributed by atoms with Gasteiger partial charge in [-0.2, -0.15) is 0 Å². The van der Waals surface area contributed by atoms with Crippen molar-refractivity contribution in [2.24, 2.45) is 0 Å². The van der Waals surface area contributed by atoms with Gasteiger partial charge in [0.25, 0.3) is 5.91 Å². The molecule has 0 N–H and O–H groups in total. The molecule has 0 aliphatic carbocycles. The number of amides is 3. The highest BCUT2D eigenvalue weighted by molar-refractivity contribution is 6.02. The Kier molecular flexibility index (Phi) is 5.32. The second kappa shape index (κ2) is 7.52. The van der Waals surface area contributed by atoms with Crippen LogP contribution in [0.3, 0.4) is 0 Å². The lowest BCUT2D eigenvalue weighted by Gasteiger charge is -2.30. The minimum atomic E-state index is -0.507. The van der Waals surface area contributed by atoms with E-state index in [9.17, 15) is 14.4 Å². The van der Waals surface area contributed by atoms with Crippen LogP contribution in [0.25, 0.3) is 0 Å². The van der Waals surface area contributed by atoms with E-state index in [2.05, 4.69) is 6.58 Å². The smallest absolute Gasteiger partial charge is 0.254 e. The van der Waals surface area contributed by atoms with E-state index < -0.39 is 6.04 Å². The first-order valence-electron chi connectivity index (χ1n) is 9.00. The van der Waals surface area contributed by atoms with Gasteiger partial charge in [0.15, 0.2) is 0 Å². The Morgan fingerprint density at radius 2 is 1.85 bits per heavy atom. The van der Waals surface area contributed by atoms with Gasteiger partial charge in [-0.15, -0.1) is 0 Å². The van der Waals surface area contributed by atoms with Crippen molar-refractivity contribution in [3.8, 4) is 0 Å². The fourth-order valence-electron chi connectivity index (χ4n) is 3.80. The molecule has 2 saturated heterocycles. The molecule has 1 aromatic rings. The first-order valence-corrected chi connectivity index (χ1v) is 9.00. The van der Waals surface area contributed by atoms with Gasteiger partial charge in [-0.05, 0) is 36.8 Å². The van der Waals surface area contributed by atoms with Crippen LogP contribution in [-0.2, 0) is 14.3 Å². The fourth-order valence-corrected chi connectivity index (χ4v) is 3.80. The molecule has 1 aromatic carbocycles. The number of carbonyl (C=O) groups is 3. The zero-order chi connectivity index (χ0) is 19.7. The Hall–Kier alpha value is -2.67. The zero-order valence-corrected chi connectivity index (χ0v) is 15.9. The van der Waals surface area contributed by atoms with E-state index in [1.807, 2.05) is 0 Å². The number of nitrogens with zero attached hydrogens (tertiary/aromatic N) is 3. The largest absolute Gasteiger partial charge is 0.376 e. The fraction of sp³-hybridized carbons (Fsp3) is 0.450. The molecule has 3 rings (SSSR count). The van der Waals surface area contributed by atoms with Crippen molar-refractivity contribution in [1.29, 1.82) is 0 Å². The number of likely N-dealkylation sites (tertiary alicyclic amines) is 1. The molecular weight excluding hydrogens is 346 g/mol. The van der Waals surface area contributed by atoms with E-state index in [0.717, 1.165) is 6.42 Å². The third kappa shape index (κ3) is 3.47. The lowest BCUT2D eigenvalue weighted by molar-refractivity contribution is -0.133. The number of carbonyl (C=O) groups excluding carboxylic acids is 3. The van der Waals surface area contributed by atoms with Gasteiger partial charge < -0.3 is 19.4 Å². The molecule has 2 aliphatic heterocycles. The molecule has 0 radical (unpaired) electrons. The topological polar surface area (TPSA) is 70.2 Å². The molecule has 144 valence electrons. The highest BCUT2D eigenvalue weighted by Gasteiger charge is 2.50. The average Bonchev–Trinajstić information content (AvgIpc) is 3.26. The van der Waals surface area contributed by atoms with Crippen LogP contribution < -0.4 is 4.90 Å². The summed E-state index contributed by atoms with van der Waals surface area (Å²) < 4.78 is 5.72. The molecule has 0 aromatic heterocycles. The van der Waals surface area contributed by atoms with Gasteiger partial charge in [0, 0.05) is 45.4 Å². The van der Waals surface area contributed by atoms with Gasteiger partial charge in [-0.1, -0.05) is 6.58 Å². The minimum absolute atomic E-state index is 0.0731. The summed E-state index contributed by atoms with van der Waals surface area (Å²) in [5, 5.41) is 0. The summed E-state index contributed by atoms with van der Waals surface area (Å²) in [6.07, 6.45) is 2.42. The highest BCUT2D eigenvalue weighted by Crippen LogP contribution is 2.35. The minimum Gasteiger partial charge on any atom is -0.376 e. The lowest BCUT2D eigenvalue weighted by atomic mass is 10.1. The van der Waals surface area contributed by atoms with Crippen LogP contribution >= 0.6 is 0 Å². The summed E-state index contributed by atoms with van der Waals surface area (Å²) in [4.78, 5) is 42.2. The van der Waals surface area contributed by atoms with Crippen LogP contribution in [0.2, 0.25) is 0 Å². The van der Waals surface area contributed by atoms with Gasteiger partial charge in [0.2, 0.25) is 11.8 Å². The van der Waals surface area contributed by atoms with E-state index >= 15 is 0 Å². The Bertz CT molecular complexity index is 759. The Balaban J connectivity index is 1.85. The summed E-state index contributed by atoms with van der Waals surface area (Å²) >= 11 is 0. The van der Waals surface area contributed by atoms with Crippen LogP contribution in [0.15, 0.2) is 36.9 Å². The molecule has 3 amide bonds. The summed E-state index contributed by atoms with van der Waals surface area (Å²) in [5.41, 5.74) is 1.16. The van der Waals surface area contributed by atoms with E-state index in [1.165, 1.54) is 15.9 Å². The summed E-state index contributed by atoms with van der Waals surface area (Å²) in [6.45, 7) is 4.08. The number of likely N-dealkylation sites (N-methyl/N-ethyl adjacent to an activating group) is 2. The molecular formula is C20H25N3O4. The molecule has 7 nitrogen and oxygen atoms in total. The van der Waals surface area contributed by atoms with Crippen molar-refractivity contribution in [1.82, 2.24) is 9.80 Å². The first-order chi connectivity index (χ1) is 12.8. The second-order valence-corrected chi connectivity index (χ2v) is 7.11. The second-order valence-electron chi connectivity index (χ2n) is 7.11. The first kappa shape index (κ1) is 19.1. The molecule has 0 spiro atoms. The van der Waals surface area contributed by atoms with Crippen molar-refractivity contribution in [3.05, 3.63) is 42.5 Å². The van der Waals surface area contributed by atoms with E-state index in [1.54, 1.807) is 50.3 Å². The summed E-state index contributed by atoms with van der Waals surface area (Å²) in [6, 6.07) is 6.23. The van der Waals surface area contributed by atoms with Crippen LogP contribution in [0.1, 0.15) is 23.2 Å². The van der Waals surface area contributed by atoms with Crippen molar-refractivity contribution in [2.45, 2.75) is 31.0 Å². The Morgan fingerprint density at radius 3 is 2.44 bits per heavy atom. The SMILES string of the molecule is C=CC(=O)N(C)c1ccc(C(=O)N2[C@H](C(=O)N(C)C)C[C@@H]3OCC[C@@H]32)cc1. The third-order valence-electron chi connectivity index (χ3n) is 5.29. The van der Waals surface area contributed by atoms with Gasteiger partial charge in [0.05, 0.1) is 12.1 Å². The Morgan fingerprint density at radius 1 is 1.19 bits per heavy atom. The lowest BCUT2D eigenvalue weighted by Crippen LogP contribution is -2.48. The van der Waals surface area contributed by atoms with Crippen LogP contribution in [0, 0.1) is 0 Å². The van der Waals surface area contributed by atoms with Crippen molar-refractivity contribution >= 4 is 23.4 Å². The number of hydrogen-bond acceptors (Lipinski definition) is 4. The van der Waals surface area contributed by atoms with E-state index in [-0.39, 0.29) is 29.9 Å². The van der Waals surface area contributed by atoms with Gasteiger partial charge in [0.1, 0.15) is 6.04 Å². The van der Waals surface area contributed by atoms with Crippen molar-refractivity contribution in [2.75, 3.05) is 32.6 Å². The van der Waals surface area contributed by atoms with Crippen LogP contribution in [-0.4, -0.2) is 73.5 Å². The Labute approximate surface area is 159 Å².